The molecule has 0 radical (unpaired) electrons. The lowest BCUT2D eigenvalue weighted by Gasteiger charge is -2.23. The fourth-order valence-electron chi connectivity index (χ4n) is 1.64. The number of hydrogen-bond acceptors (Lipinski definition) is 5. The van der Waals surface area contributed by atoms with Gasteiger partial charge in [-0.2, -0.15) is 23.5 Å². The molecular weight excluding hydrogens is 256 g/mol. The van der Waals surface area contributed by atoms with Crippen LogP contribution in [0, 0.1) is 6.92 Å². The van der Waals surface area contributed by atoms with Gasteiger partial charge in [-0.25, -0.2) is 4.98 Å². The molecular formula is C11H18N2S3. The average molecular weight is 274 g/mol. The zero-order valence-electron chi connectivity index (χ0n) is 9.73. The Bertz CT molecular complexity index is 321. The fourth-order valence-corrected chi connectivity index (χ4v) is 5.08. The summed E-state index contributed by atoms with van der Waals surface area (Å²) in [6, 6.07) is 0.443. The molecule has 2 rings (SSSR count). The van der Waals surface area contributed by atoms with Crippen LogP contribution in [0.5, 0.6) is 0 Å². The van der Waals surface area contributed by atoms with Gasteiger partial charge in [0.1, 0.15) is 0 Å². The summed E-state index contributed by atoms with van der Waals surface area (Å²) in [7, 11) is 0. The number of aromatic nitrogens is 1. The first-order valence-corrected chi connectivity index (χ1v) is 8.63. The second-order valence-corrected chi connectivity index (χ2v) is 7.80. The van der Waals surface area contributed by atoms with Crippen LogP contribution in [0.15, 0.2) is 6.20 Å². The van der Waals surface area contributed by atoms with Gasteiger partial charge in [0.2, 0.25) is 0 Å². The zero-order chi connectivity index (χ0) is 11.4. The number of nitrogens with one attached hydrogen (secondary N) is 1. The first kappa shape index (κ1) is 12.7. The summed E-state index contributed by atoms with van der Waals surface area (Å²) in [4.78, 5) is 5.65. The summed E-state index contributed by atoms with van der Waals surface area (Å²) in [6.45, 7) is 5.41. The highest BCUT2D eigenvalue weighted by Gasteiger charge is 2.16. The highest BCUT2D eigenvalue weighted by Crippen LogP contribution is 2.25. The zero-order valence-corrected chi connectivity index (χ0v) is 12.2. The van der Waals surface area contributed by atoms with Crippen molar-refractivity contribution in [2.24, 2.45) is 0 Å². The summed E-state index contributed by atoms with van der Waals surface area (Å²) < 4.78 is 0. The van der Waals surface area contributed by atoms with Gasteiger partial charge < -0.3 is 5.32 Å². The van der Waals surface area contributed by atoms with Gasteiger partial charge in [-0.15, -0.1) is 11.3 Å². The van der Waals surface area contributed by atoms with Crippen LogP contribution in [0.4, 0.5) is 0 Å². The number of aryl methyl sites for hydroxylation is 1. The Morgan fingerprint density at radius 2 is 2.44 bits per heavy atom. The molecule has 0 spiro atoms. The molecule has 0 bridgehead atoms. The Hall–Kier alpha value is 0.290. The first-order chi connectivity index (χ1) is 7.75. The minimum Gasteiger partial charge on any atom is -0.308 e. The molecule has 2 atom stereocenters. The molecule has 0 aliphatic carbocycles. The van der Waals surface area contributed by atoms with Crippen molar-refractivity contribution in [1.29, 1.82) is 0 Å². The molecule has 1 aliphatic heterocycles. The van der Waals surface area contributed by atoms with Crippen molar-refractivity contribution in [3.05, 3.63) is 16.1 Å². The minimum atomic E-state index is 0.443. The second kappa shape index (κ2) is 6.28. The standard InChI is InChI=1S/C11H18N2S3/c1-8(11-6-13-9(2)16-11)12-5-10-7-14-3-4-15-10/h6,8,10,12H,3-5,7H2,1-2H3. The van der Waals surface area contributed by atoms with Gasteiger partial charge in [-0.1, -0.05) is 0 Å². The van der Waals surface area contributed by atoms with E-state index >= 15 is 0 Å². The second-order valence-electron chi connectivity index (χ2n) is 3.98. The SMILES string of the molecule is Cc1ncc(C(C)NCC2CSCCS2)s1. The molecule has 0 saturated carbocycles. The van der Waals surface area contributed by atoms with Crippen molar-refractivity contribution in [2.45, 2.75) is 25.1 Å². The van der Waals surface area contributed by atoms with Crippen molar-refractivity contribution >= 4 is 34.9 Å². The normalized spacial score (nSPS) is 23.2. The van der Waals surface area contributed by atoms with E-state index in [1.54, 1.807) is 11.3 Å². The molecule has 1 aromatic rings. The van der Waals surface area contributed by atoms with Gasteiger partial charge in [0.05, 0.1) is 5.01 Å². The van der Waals surface area contributed by atoms with Crippen LogP contribution >= 0.6 is 34.9 Å². The summed E-state index contributed by atoms with van der Waals surface area (Å²) in [6.07, 6.45) is 2.00. The Morgan fingerprint density at radius 3 is 3.06 bits per heavy atom. The average Bonchev–Trinajstić information content (AvgIpc) is 2.74. The van der Waals surface area contributed by atoms with Crippen LogP contribution in [0.2, 0.25) is 0 Å². The highest BCUT2D eigenvalue weighted by atomic mass is 32.2. The molecule has 1 N–H and O–H groups in total. The molecule has 0 aromatic carbocycles. The molecule has 5 heteroatoms. The van der Waals surface area contributed by atoms with Gasteiger partial charge in [0.25, 0.3) is 0 Å². The number of nitrogens with zero attached hydrogens (tertiary/aromatic N) is 1. The van der Waals surface area contributed by atoms with Crippen LogP contribution in [0.3, 0.4) is 0 Å². The molecule has 1 aliphatic rings. The lowest BCUT2D eigenvalue weighted by atomic mass is 10.3. The molecule has 16 heavy (non-hydrogen) atoms. The van der Waals surface area contributed by atoms with Crippen molar-refractivity contribution in [2.75, 3.05) is 23.8 Å². The van der Waals surface area contributed by atoms with E-state index in [0.29, 0.717) is 6.04 Å². The lowest BCUT2D eigenvalue weighted by molar-refractivity contribution is 0.584. The quantitative estimate of drug-likeness (QED) is 0.912. The maximum atomic E-state index is 4.30. The summed E-state index contributed by atoms with van der Waals surface area (Å²) >= 11 is 5.99. The summed E-state index contributed by atoms with van der Waals surface area (Å²) in [5, 5.41) is 5.56. The van der Waals surface area contributed by atoms with Gasteiger partial charge in [0.15, 0.2) is 0 Å². The number of thiazole rings is 1. The minimum absolute atomic E-state index is 0.443. The van der Waals surface area contributed by atoms with Crippen molar-refractivity contribution in [1.82, 2.24) is 10.3 Å². The number of rotatable bonds is 4. The topological polar surface area (TPSA) is 24.9 Å². The van der Waals surface area contributed by atoms with Gasteiger partial charge in [0, 0.05) is 46.2 Å². The van der Waals surface area contributed by atoms with Gasteiger partial charge >= 0.3 is 0 Å². The van der Waals surface area contributed by atoms with Crippen LogP contribution in [-0.4, -0.2) is 34.0 Å². The molecule has 0 amide bonds. The van der Waals surface area contributed by atoms with Crippen LogP contribution in [0.25, 0.3) is 0 Å². The maximum absolute atomic E-state index is 4.30. The largest absolute Gasteiger partial charge is 0.308 e. The van der Waals surface area contributed by atoms with Gasteiger partial charge in [-0.3, -0.25) is 0 Å². The van der Waals surface area contributed by atoms with E-state index in [1.165, 1.54) is 22.1 Å². The fraction of sp³-hybridized carbons (Fsp3) is 0.727. The lowest BCUT2D eigenvalue weighted by Crippen LogP contribution is -2.30. The molecule has 2 unspecified atom stereocenters. The predicted molar refractivity (Wildman–Crippen MR) is 76.8 cm³/mol. The van der Waals surface area contributed by atoms with Crippen LogP contribution in [0.1, 0.15) is 22.9 Å². The third-order valence-corrected chi connectivity index (χ3v) is 6.54. The smallest absolute Gasteiger partial charge is 0.0897 e. The van der Waals surface area contributed by atoms with Crippen molar-refractivity contribution in [3.8, 4) is 0 Å². The van der Waals surface area contributed by atoms with Crippen molar-refractivity contribution < 1.29 is 0 Å². The van der Waals surface area contributed by atoms with E-state index in [4.69, 9.17) is 0 Å². The Labute approximate surface area is 110 Å². The van der Waals surface area contributed by atoms with Gasteiger partial charge in [-0.05, 0) is 13.8 Å². The van der Waals surface area contributed by atoms with E-state index in [0.717, 1.165) is 16.8 Å². The van der Waals surface area contributed by atoms with E-state index in [-0.39, 0.29) is 0 Å². The number of hydrogen-bond donors (Lipinski definition) is 1. The van der Waals surface area contributed by atoms with Crippen molar-refractivity contribution in [3.63, 3.8) is 0 Å². The Kier molecular flexibility index (Phi) is 5.00. The molecule has 1 saturated heterocycles. The maximum Gasteiger partial charge on any atom is 0.0897 e. The molecule has 1 aromatic heterocycles. The monoisotopic (exact) mass is 274 g/mol. The van der Waals surface area contributed by atoms with E-state index < -0.39 is 0 Å². The summed E-state index contributed by atoms with van der Waals surface area (Å²) in [5.74, 6) is 3.93. The number of thioether (sulfide) groups is 2. The predicted octanol–water partition coefficient (Wildman–Crippen LogP) is 2.95. The molecule has 2 heterocycles. The van der Waals surface area contributed by atoms with E-state index in [2.05, 4.69) is 47.7 Å². The third-order valence-electron chi connectivity index (χ3n) is 2.60. The molecule has 1 fully saturated rings. The van der Waals surface area contributed by atoms with E-state index in [1.807, 2.05) is 6.20 Å². The first-order valence-electron chi connectivity index (χ1n) is 5.61. The Morgan fingerprint density at radius 1 is 1.56 bits per heavy atom. The van der Waals surface area contributed by atoms with Crippen LogP contribution in [-0.2, 0) is 0 Å². The third kappa shape index (κ3) is 3.65. The molecule has 90 valence electrons. The Balaban J connectivity index is 1.76. The van der Waals surface area contributed by atoms with E-state index in [9.17, 15) is 0 Å². The molecule has 2 nitrogen and oxygen atoms in total. The van der Waals surface area contributed by atoms with Crippen LogP contribution < -0.4 is 5.32 Å². The highest BCUT2D eigenvalue weighted by molar-refractivity contribution is 8.06. The summed E-state index contributed by atoms with van der Waals surface area (Å²) in [5.41, 5.74) is 0.